The molecule has 2 N–H and O–H groups in total. The maximum Gasteiger partial charge on any atom is 0.321 e. The van der Waals surface area contributed by atoms with Crippen LogP contribution in [-0.2, 0) is 11.3 Å². The Morgan fingerprint density at radius 3 is 2.77 bits per heavy atom. The van der Waals surface area contributed by atoms with Gasteiger partial charge in [0.25, 0.3) is 5.56 Å². The molecule has 2 aromatic rings. The number of nitrogens with one attached hydrogen (secondary N) is 2. The van der Waals surface area contributed by atoms with Gasteiger partial charge in [-0.15, -0.1) is 6.58 Å². The summed E-state index contributed by atoms with van der Waals surface area (Å²) in [4.78, 5) is 40.7. The van der Waals surface area contributed by atoms with Crippen LogP contribution in [0.4, 0.5) is 4.79 Å². The molecule has 2 rings (SSSR count). The van der Waals surface area contributed by atoms with Crippen LogP contribution in [0, 0.1) is 5.92 Å². The lowest BCUT2D eigenvalue weighted by atomic mass is 10.2. The van der Waals surface area contributed by atoms with Gasteiger partial charge >= 0.3 is 6.03 Å². The number of nitrogens with zero attached hydrogens (tertiary/aromatic N) is 2. The third-order valence-electron chi connectivity index (χ3n) is 3.37. The second-order valence-corrected chi connectivity index (χ2v) is 7.00. The van der Waals surface area contributed by atoms with E-state index in [9.17, 15) is 14.4 Å². The highest BCUT2D eigenvalue weighted by atomic mass is 32.2. The summed E-state index contributed by atoms with van der Waals surface area (Å²) in [5, 5.41) is 5.70. The van der Waals surface area contributed by atoms with Crippen molar-refractivity contribution in [2.24, 2.45) is 5.92 Å². The van der Waals surface area contributed by atoms with Crippen molar-refractivity contribution in [2.45, 2.75) is 25.5 Å². The van der Waals surface area contributed by atoms with Gasteiger partial charge in [0, 0.05) is 13.1 Å². The van der Waals surface area contributed by atoms with Gasteiger partial charge in [-0.3, -0.25) is 19.5 Å². The van der Waals surface area contributed by atoms with Crippen LogP contribution in [0.25, 0.3) is 10.9 Å². The van der Waals surface area contributed by atoms with Gasteiger partial charge in [0.2, 0.25) is 5.91 Å². The summed E-state index contributed by atoms with van der Waals surface area (Å²) in [6.07, 6.45) is 1.52. The topological polar surface area (TPSA) is 93.1 Å². The Balaban J connectivity index is 2.19. The number of amides is 3. The zero-order chi connectivity index (χ0) is 19.1. The molecule has 0 radical (unpaired) electrons. The summed E-state index contributed by atoms with van der Waals surface area (Å²) in [5.41, 5.74) is 0.458. The second kappa shape index (κ2) is 9.19. The highest BCUT2D eigenvalue weighted by Gasteiger charge is 2.15. The van der Waals surface area contributed by atoms with Crippen LogP contribution in [0.1, 0.15) is 13.8 Å². The van der Waals surface area contributed by atoms with Gasteiger partial charge in [-0.25, -0.2) is 9.78 Å². The van der Waals surface area contributed by atoms with Crippen LogP contribution >= 0.6 is 11.8 Å². The summed E-state index contributed by atoms with van der Waals surface area (Å²) in [5.74, 6) is -0.242. The van der Waals surface area contributed by atoms with E-state index >= 15 is 0 Å². The number of rotatable bonds is 7. The van der Waals surface area contributed by atoms with Gasteiger partial charge in [0.05, 0.1) is 16.7 Å². The maximum atomic E-state index is 12.8. The van der Waals surface area contributed by atoms with Gasteiger partial charge in [0.1, 0.15) is 0 Å². The Labute approximate surface area is 155 Å². The first-order valence-corrected chi connectivity index (χ1v) is 9.22. The highest BCUT2D eigenvalue weighted by Crippen LogP contribution is 2.18. The number of hydrogen-bond donors (Lipinski definition) is 2. The van der Waals surface area contributed by atoms with Gasteiger partial charge in [-0.05, 0) is 18.1 Å². The summed E-state index contributed by atoms with van der Waals surface area (Å²) >= 11 is 1.13. The molecule has 0 aliphatic rings. The van der Waals surface area contributed by atoms with Crippen molar-refractivity contribution in [3.8, 4) is 0 Å². The lowest BCUT2D eigenvalue weighted by Gasteiger charge is -2.14. The van der Waals surface area contributed by atoms with Crippen molar-refractivity contribution in [1.29, 1.82) is 0 Å². The van der Waals surface area contributed by atoms with Crippen LogP contribution in [0.2, 0.25) is 0 Å². The van der Waals surface area contributed by atoms with E-state index in [2.05, 4.69) is 22.2 Å². The number of urea groups is 1. The number of carbonyl (C=O) groups is 2. The molecule has 0 aliphatic carbocycles. The molecule has 0 unspecified atom stereocenters. The molecule has 0 bridgehead atoms. The Morgan fingerprint density at radius 2 is 2.08 bits per heavy atom. The molecule has 1 aromatic heterocycles. The van der Waals surface area contributed by atoms with Crippen LogP contribution in [0.15, 0.2) is 46.9 Å². The zero-order valence-corrected chi connectivity index (χ0v) is 15.6. The number of thioether (sulfide) groups is 1. The lowest BCUT2D eigenvalue weighted by Crippen LogP contribution is -2.40. The summed E-state index contributed by atoms with van der Waals surface area (Å²) in [7, 11) is 0. The molecule has 26 heavy (non-hydrogen) atoms. The highest BCUT2D eigenvalue weighted by molar-refractivity contribution is 7.99. The fourth-order valence-electron chi connectivity index (χ4n) is 2.29. The van der Waals surface area contributed by atoms with Crippen molar-refractivity contribution in [3.63, 3.8) is 0 Å². The Bertz CT molecular complexity index is 876. The monoisotopic (exact) mass is 374 g/mol. The summed E-state index contributed by atoms with van der Waals surface area (Å²) in [6, 6.07) is 6.54. The van der Waals surface area contributed by atoms with Crippen molar-refractivity contribution < 1.29 is 9.59 Å². The molecule has 0 fully saturated rings. The van der Waals surface area contributed by atoms with Gasteiger partial charge < -0.3 is 5.32 Å². The average molecular weight is 374 g/mol. The summed E-state index contributed by atoms with van der Waals surface area (Å²) in [6.45, 7) is 8.27. The quantitative estimate of drug-likeness (QED) is 0.440. The number of benzene rings is 1. The first kappa shape index (κ1) is 19.7. The van der Waals surface area contributed by atoms with E-state index in [4.69, 9.17) is 0 Å². The fourth-order valence-corrected chi connectivity index (χ4v) is 3.09. The minimum atomic E-state index is -0.582. The van der Waals surface area contributed by atoms with Crippen molar-refractivity contribution in [1.82, 2.24) is 20.2 Å². The third-order valence-corrected chi connectivity index (χ3v) is 4.34. The molecule has 0 aliphatic heterocycles. The molecule has 3 amide bonds. The average Bonchev–Trinajstić information content (AvgIpc) is 2.60. The number of imide groups is 1. The number of carbonyl (C=O) groups excluding carboxylic acids is 2. The van der Waals surface area contributed by atoms with E-state index in [0.717, 1.165) is 11.8 Å². The second-order valence-electron chi connectivity index (χ2n) is 6.06. The molecule has 0 saturated heterocycles. The first-order chi connectivity index (χ1) is 12.4. The standard InChI is InChI=1S/C18H22N4O3S/c1-4-9-19-17(25)21-15(23)11-26-18-20-14-8-6-5-7-13(14)16(24)22(18)10-12(2)3/h4-8,12H,1,9-11H2,2-3H3,(H2,19,21,23,25). The number of hydrogen-bond acceptors (Lipinski definition) is 5. The third kappa shape index (κ3) is 5.19. The SMILES string of the molecule is C=CCNC(=O)NC(=O)CSc1nc2ccccc2c(=O)n1CC(C)C. The molecule has 138 valence electrons. The molecule has 0 atom stereocenters. The fraction of sp³-hybridized carbons (Fsp3) is 0.333. The lowest BCUT2D eigenvalue weighted by molar-refractivity contribution is -0.117. The van der Waals surface area contributed by atoms with Gasteiger partial charge in [-0.1, -0.05) is 43.8 Å². The Hall–Kier alpha value is -2.61. The van der Waals surface area contributed by atoms with E-state index in [-0.39, 0.29) is 23.8 Å². The molecule has 0 spiro atoms. The van der Waals surface area contributed by atoms with Crippen LogP contribution in [0.3, 0.4) is 0 Å². The van der Waals surface area contributed by atoms with Crippen LogP contribution < -0.4 is 16.2 Å². The number of para-hydroxylation sites is 1. The predicted molar refractivity (Wildman–Crippen MR) is 103 cm³/mol. The summed E-state index contributed by atoms with van der Waals surface area (Å²) < 4.78 is 1.59. The van der Waals surface area contributed by atoms with Gasteiger partial charge in [-0.2, -0.15) is 0 Å². The van der Waals surface area contributed by atoms with Crippen molar-refractivity contribution in [2.75, 3.05) is 12.3 Å². The molecular weight excluding hydrogens is 352 g/mol. The van der Waals surface area contributed by atoms with Crippen LogP contribution in [-0.4, -0.2) is 33.8 Å². The maximum absolute atomic E-state index is 12.8. The molecule has 0 saturated carbocycles. The molecule has 1 heterocycles. The van der Waals surface area contributed by atoms with Crippen molar-refractivity contribution >= 4 is 34.6 Å². The molecular formula is C18H22N4O3S. The number of fused-ring (bicyclic) bond motifs is 1. The predicted octanol–water partition coefficient (Wildman–Crippen LogP) is 2.16. The zero-order valence-electron chi connectivity index (χ0n) is 14.8. The minimum Gasteiger partial charge on any atom is -0.334 e. The first-order valence-electron chi connectivity index (χ1n) is 8.23. The Kier molecular flexibility index (Phi) is 6.97. The van der Waals surface area contributed by atoms with E-state index < -0.39 is 11.9 Å². The molecule has 8 heteroatoms. The van der Waals surface area contributed by atoms with E-state index in [0.29, 0.717) is 22.6 Å². The Morgan fingerprint density at radius 1 is 1.35 bits per heavy atom. The van der Waals surface area contributed by atoms with E-state index in [1.165, 1.54) is 6.08 Å². The van der Waals surface area contributed by atoms with Crippen molar-refractivity contribution in [3.05, 3.63) is 47.3 Å². The van der Waals surface area contributed by atoms with Crippen LogP contribution in [0.5, 0.6) is 0 Å². The largest absolute Gasteiger partial charge is 0.334 e. The van der Waals surface area contributed by atoms with Gasteiger partial charge in [0.15, 0.2) is 5.16 Å². The molecule has 1 aromatic carbocycles. The van der Waals surface area contributed by atoms with E-state index in [1.54, 1.807) is 22.8 Å². The normalized spacial score (nSPS) is 10.7. The van der Waals surface area contributed by atoms with E-state index in [1.807, 2.05) is 19.9 Å². The molecule has 7 nitrogen and oxygen atoms in total. The number of aromatic nitrogens is 2. The smallest absolute Gasteiger partial charge is 0.321 e. The minimum absolute atomic E-state index is 0.0234.